The van der Waals surface area contributed by atoms with E-state index in [2.05, 4.69) is 5.32 Å². The smallest absolute Gasteiger partial charge is 0.239 e. The van der Waals surface area contributed by atoms with Gasteiger partial charge >= 0.3 is 0 Å². The first-order valence-corrected chi connectivity index (χ1v) is 9.64. The molecule has 4 rings (SSSR count). The molecule has 2 aromatic carbocycles. The second kappa shape index (κ2) is 7.19. The van der Waals surface area contributed by atoms with Gasteiger partial charge in [-0.1, -0.05) is 25.1 Å². The van der Waals surface area contributed by atoms with Crippen molar-refractivity contribution in [3.8, 4) is 5.75 Å². The molecule has 6 heteroatoms. The quantitative estimate of drug-likeness (QED) is 0.682. The van der Waals surface area contributed by atoms with Crippen molar-refractivity contribution in [2.75, 3.05) is 18.6 Å². The number of methoxy groups -OCH3 is 1. The van der Waals surface area contributed by atoms with Gasteiger partial charge in [0.05, 0.1) is 12.8 Å². The average Bonchev–Trinajstić information content (AvgIpc) is 3.26. The van der Waals surface area contributed by atoms with Crippen LogP contribution in [-0.2, 0) is 9.59 Å². The minimum atomic E-state index is -0.662. The fourth-order valence-corrected chi connectivity index (χ4v) is 3.72. The summed E-state index contributed by atoms with van der Waals surface area (Å²) < 4.78 is 11.5. The van der Waals surface area contributed by atoms with E-state index >= 15 is 0 Å². The van der Waals surface area contributed by atoms with Gasteiger partial charge < -0.3 is 19.4 Å². The van der Waals surface area contributed by atoms with Gasteiger partial charge in [0.1, 0.15) is 22.8 Å². The fraction of sp³-hybridized carbons (Fsp3) is 0.364. The number of hydrogen-bond donors (Lipinski definition) is 1. The van der Waals surface area contributed by atoms with Crippen LogP contribution in [0, 0.1) is 5.92 Å². The summed E-state index contributed by atoms with van der Waals surface area (Å²) in [5, 5.41) is 4.85. The maximum absolute atomic E-state index is 13.0. The van der Waals surface area contributed by atoms with Crippen molar-refractivity contribution in [2.24, 2.45) is 5.92 Å². The van der Waals surface area contributed by atoms with Gasteiger partial charge in [0.25, 0.3) is 0 Å². The molecule has 2 atom stereocenters. The molecular weight excluding hydrogens is 356 g/mol. The van der Waals surface area contributed by atoms with Crippen LogP contribution >= 0.6 is 0 Å². The maximum atomic E-state index is 13.0. The van der Waals surface area contributed by atoms with Crippen molar-refractivity contribution in [1.29, 1.82) is 0 Å². The van der Waals surface area contributed by atoms with Crippen LogP contribution in [0.3, 0.4) is 0 Å². The lowest BCUT2D eigenvalue weighted by atomic mass is 10.1. The van der Waals surface area contributed by atoms with Gasteiger partial charge in [0.15, 0.2) is 0 Å². The lowest BCUT2D eigenvalue weighted by molar-refractivity contribution is -0.132. The van der Waals surface area contributed by atoms with Crippen LogP contribution in [0.1, 0.15) is 26.7 Å². The molecule has 2 amide bonds. The van der Waals surface area contributed by atoms with Crippen LogP contribution in [0.5, 0.6) is 5.75 Å². The van der Waals surface area contributed by atoms with Gasteiger partial charge in [0, 0.05) is 29.4 Å². The molecule has 3 aromatic rings. The SMILES string of the molecule is CC[C@H](C)NC(=O)[C@H]1CCN(c2cc3oc4ccccc4c3cc2OC)C1=O. The molecule has 1 aromatic heterocycles. The zero-order valence-electron chi connectivity index (χ0n) is 16.3. The number of anilines is 1. The molecule has 1 N–H and O–H groups in total. The molecule has 0 spiro atoms. The molecule has 0 unspecified atom stereocenters. The van der Waals surface area contributed by atoms with E-state index in [1.807, 2.05) is 50.2 Å². The van der Waals surface area contributed by atoms with Crippen molar-refractivity contribution in [3.05, 3.63) is 36.4 Å². The summed E-state index contributed by atoms with van der Waals surface area (Å²) in [7, 11) is 1.58. The number of furan rings is 1. The fourth-order valence-electron chi connectivity index (χ4n) is 3.72. The predicted octanol–water partition coefficient (Wildman–Crippen LogP) is 3.86. The van der Waals surface area contributed by atoms with E-state index in [1.54, 1.807) is 12.0 Å². The second-order valence-electron chi connectivity index (χ2n) is 7.27. The van der Waals surface area contributed by atoms with E-state index < -0.39 is 5.92 Å². The minimum absolute atomic E-state index is 0.0517. The number of ether oxygens (including phenoxy) is 1. The Bertz CT molecular complexity index is 1060. The van der Waals surface area contributed by atoms with Crippen molar-refractivity contribution in [2.45, 2.75) is 32.7 Å². The van der Waals surface area contributed by atoms with Crippen LogP contribution in [-0.4, -0.2) is 31.5 Å². The van der Waals surface area contributed by atoms with Crippen LogP contribution in [0.15, 0.2) is 40.8 Å². The van der Waals surface area contributed by atoms with Crippen LogP contribution in [0.2, 0.25) is 0 Å². The molecule has 28 heavy (non-hydrogen) atoms. The normalized spacial score (nSPS) is 18.0. The first kappa shape index (κ1) is 18.3. The molecule has 0 radical (unpaired) electrons. The monoisotopic (exact) mass is 380 g/mol. The molecule has 1 fully saturated rings. The van der Waals surface area contributed by atoms with Gasteiger partial charge in [-0.3, -0.25) is 9.59 Å². The molecule has 6 nitrogen and oxygen atoms in total. The highest BCUT2D eigenvalue weighted by atomic mass is 16.5. The zero-order valence-corrected chi connectivity index (χ0v) is 16.3. The number of para-hydroxylation sites is 1. The second-order valence-corrected chi connectivity index (χ2v) is 7.27. The third-order valence-corrected chi connectivity index (χ3v) is 5.49. The Morgan fingerprint density at radius 3 is 2.82 bits per heavy atom. The standard InChI is InChI=1S/C22H24N2O4/c1-4-13(2)23-21(25)15-9-10-24(22(15)26)17-12-19-16(11-20(17)27-3)14-7-5-6-8-18(14)28-19/h5-8,11-13,15H,4,9-10H2,1-3H3,(H,23,25)/t13-,15+/m0/s1. The van der Waals surface area contributed by atoms with Crippen molar-refractivity contribution in [1.82, 2.24) is 5.32 Å². The average molecular weight is 380 g/mol. The molecule has 0 aliphatic carbocycles. The van der Waals surface area contributed by atoms with Crippen molar-refractivity contribution < 1.29 is 18.7 Å². The Hall–Kier alpha value is -3.02. The number of amides is 2. The largest absolute Gasteiger partial charge is 0.495 e. The highest BCUT2D eigenvalue weighted by Crippen LogP contribution is 2.40. The molecule has 0 saturated carbocycles. The molecule has 1 saturated heterocycles. The van der Waals surface area contributed by atoms with E-state index in [4.69, 9.17) is 9.15 Å². The van der Waals surface area contributed by atoms with E-state index in [-0.39, 0.29) is 17.9 Å². The maximum Gasteiger partial charge on any atom is 0.239 e. The number of rotatable bonds is 5. The van der Waals surface area contributed by atoms with Crippen molar-refractivity contribution in [3.63, 3.8) is 0 Å². The Morgan fingerprint density at radius 1 is 1.29 bits per heavy atom. The topological polar surface area (TPSA) is 71.8 Å². The Balaban J connectivity index is 1.69. The molecule has 2 heterocycles. The summed E-state index contributed by atoms with van der Waals surface area (Å²) in [5.74, 6) is -0.472. The van der Waals surface area contributed by atoms with Gasteiger partial charge in [-0.15, -0.1) is 0 Å². The van der Waals surface area contributed by atoms with E-state index in [1.165, 1.54) is 0 Å². The molecule has 1 aliphatic heterocycles. The van der Waals surface area contributed by atoms with Crippen LogP contribution < -0.4 is 15.0 Å². The van der Waals surface area contributed by atoms with Crippen molar-refractivity contribution >= 4 is 39.4 Å². The number of fused-ring (bicyclic) bond motifs is 3. The number of hydrogen-bond acceptors (Lipinski definition) is 4. The van der Waals surface area contributed by atoms with Gasteiger partial charge in [-0.05, 0) is 31.9 Å². The zero-order chi connectivity index (χ0) is 19.8. The summed E-state index contributed by atoms with van der Waals surface area (Å²) in [6, 6.07) is 11.6. The summed E-state index contributed by atoms with van der Waals surface area (Å²) in [6.07, 6.45) is 1.31. The van der Waals surface area contributed by atoms with Gasteiger partial charge in [0.2, 0.25) is 11.8 Å². The number of nitrogens with zero attached hydrogens (tertiary/aromatic N) is 1. The van der Waals surface area contributed by atoms with Crippen LogP contribution in [0.4, 0.5) is 5.69 Å². The molecular formula is C22H24N2O4. The van der Waals surface area contributed by atoms with E-state index in [0.717, 1.165) is 22.8 Å². The number of carbonyl (C=O) groups excluding carboxylic acids is 2. The summed E-state index contributed by atoms with van der Waals surface area (Å²) in [6.45, 7) is 4.41. The Kier molecular flexibility index (Phi) is 4.71. The van der Waals surface area contributed by atoms with Crippen LogP contribution in [0.25, 0.3) is 21.9 Å². The third kappa shape index (κ3) is 2.99. The third-order valence-electron chi connectivity index (χ3n) is 5.49. The Labute approximate surface area is 163 Å². The summed E-state index contributed by atoms with van der Waals surface area (Å²) in [5.41, 5.74) is 2.12. The summed E-state index contributed by atoms with van der Waals surface area (Å²) >= 11 is 0. The van der Waals surface area contributed by atoms with Gasteiger partial charge in [-0.25, -0.2) is 0 Å². The lowest BCUT2D eigenvalue weighted by Crippen LogP contribution is -2.40. The predicted molar refractivity (Wildman–Crippen MR) is 109 cm³/mol. The first-order valence-electron chi connectivity index (χ1n) is 9.64. The summed E-state index contributed by atoms with van der Waals surface area (Å²) in [4.78, 5) is 27.1. The first-order chi connectivity index (χ1) is 13.5. The highest BCUT2D eigenvalue weighted by molar-refractivity contribution is 6.12. The Morgan fingerprint density at radius 2 is 2.07 bits per heavy atom. The number of carbonyl (C=O) groups is 2. The van der Waals surface area contributed by atoms with E-state index in [0.29, 0.717) is 30.0 Å². The lowest BCUT2D eigenvalue weighted by Gasteiger charge is -2.20. The molecule has 1 aliphatic rings. The number of nitrogens with one attached hydrogen (secondary N) is 1. The highest BCUT2D eigenvalue weighted by Gasteiger charge is 2.39. The number of benzene rings is 2. The van der Waals surface area contributed by atoms with E-state index in [9.17, 15) is 9.59 Å². The minimum Gasteiger partial charge on any atom is -0.495 e. The van der Waals surface area contributed by atoms with Gasteiger partial charge in [-0.2, -0.15) is 0 Å². The molecule has 146 valence electrons. The molecule has 0 bridgehead atoms.